The highest BCUT2D eigenvalue weighted by Gasteiger charge is 2.18. The first kappa shape index (κ1) is 12.6. The molecular weight excluding hydrogens is 238 g/mol. The van der Waals surface area contributed by atoms with E-state index >= 15 is 0 Å². The molecule has 1 aromatic rings. The van der Waals surface area contributed by atoms with Crippen LogP contribution in [-0.2, 0) is 4.74 Å². The molecule has 0 saturated carbocycles. The van der Waals surface area contributed by atoms with Crippen LogP contribution < -0.4 is 15.5 Å². The Hall–Kier alpha value is -1.82. The van der Waals surface area contributed by atoms with Crippen molar-refractivity contribution in [2.75, 3.05) is 20.3 Å². The van der Waals surface area contributed by atoms with E-state index in [-0.39, 0.29) is 23.0 Å². The van der Waals surface area contributed by atoms with E-state index in [1.54, 1.807) is 0 Å². The SMILES string of the molecule is COc1coc(C(=O)NCC2CCCO2)cc1=O. The van der Waals surface area contributed by atoms with E-state index in [4.69, 9.17) is 13.9 Å². The van der Waals surface area contributed by atoms with E-state index in [9.17, 15) is 9.59 Å². The van der Waals surface area contributed by atoms with Crippen LogP contribution in [0.25, 0.3) is 0 Å². The van der Waals surface area contributed by atoms with E-state index in [0.29, 0.717) is 6.54 Å². The van der Waals surface area contributed by atoms with Gasteiger partial charge < -0.3 is 19.2 Å². The van der Waals surface area contributed by atoms with Crippen LogP contribution in [0.2, 0.25) is 0 Å². The van der Waals surface area contributed by atoms with Crippen molar-refractivity contribution in [2.24, 2.45) is 0 Å². The van der Waals surface area contributed by atoms with Crippen molar-refractivity contribution in [3.63, 3.8) is 0 Å². The maximum Gasteiger partial charge on any atom is 0.287 e. The molecule has 2 rings (SSSR count). The summed E-state index contributed by atoms with van der Waals surface area (Å²) in [6, 6.07) is 1.11. The molecule has 1 fully saturated rings. The molecule has 2 heterocycles. The van der Waals surface area contributed by atoms with Crippen molar-refractivity contribution in [2.45, 2.75) is 18.9 Å². The van der Waals surface area contributed by atoms with Crippen LogP contribution >= 0.6 is 0 Å². The average molecular weight is 253 g/mol. The minimum Gasteiger partial charge on any atom is -0.490 e. The Morgan fingerprint density at radius 3 is 3.06 bits per heavy atom. The first-order valence-corrected chi connectivity index (χ1v) is 5.77. The first-order chi connectivity index (χ1) is 8.70. The summed E-state index contributed by atoms with van der Waals surface area (Å²) >= 11 is 0. The van der Waals surface area contributed by atoms with Crippen LogP contribution in [0, 0.1) is 0 Å². The van der Waals surface area contributed by atoms with Gasteiger partial charge in [0.15, 0.2) is 5.76 Å². The van der Waals surface area contributed by atoms with Crippen LogP contribution in [0.15, 0.2) is 21.5 Å². The number of rotatable bonds is 4. The fourth-order valence-electron chi connectivity index (χ4n) is 1.77. The Bertz CT molecular complexity index is 476. The number of hydrogen-bond acceptors (Lipinski definition) is 5. The van der Waals surface area contributed by atoms with Gasteiger partial charge in [-0.15, -0.1) is 0 Å². The van der Waals surface area contributed by atoms with Gasteiger partial charge in [-0.3, -0.25) is 9.59 Å². The summed E-state index contributed by atoms with van der Waals surface area (Å²) in [4.78, 5) is 23.2. The second kappa shape index (κ2) is 5.68. The minimum atomic E-state index is -0.426. The summed E-state index contributed by atoms with van der Waals surface area (Å²) in [6.45, 7) is 1.16. The quantitative estimate of drug-likeness (QED) is 0.848. The maximum atomic E-state index is 11.7. The average Bonchev–Trinajstić information content (AvgIpc) is 2.89. The Balaban J connectivity index is 1.95. The minimum absolute atomic E-state index is 0.0289. The molecule has 1 saturated heterocycles. The topological polar surface area (TPSA) is 77.8 Å². The molecule has 0 aromatic carbocycles. The predicted molar refractivity (Wildman–Crippen MR) is 62.8 cm³/mol. The number of carbonyl (C=O) groups excluding carboxylic acids is 1. The van der Waals surface area contributed by atoms with Gasteiger partial charge in [0, 0.05) is 19.2 Å². The fourth-order valence-corrected chi connectivity index (χ4v) is 1.77. The van der Waals surface area contributed by atoms with E-state index in [1.807, 2.05) is 0 Å². The van der Waals surface area contributed by atoms with Gasteiger partial charge in [0.05, 0.1) is 13.2 Å². The number of hydrogen-bond donors (Lipinski definition) is 1. The molecular formula is C12H15NO5. The van der Waals surface area contributed by atoms with E-state index in [2.05, 4.69) is 5.32 Å². The molecule has 1 aliphatic rings. The van der Waals surface area contributed by atoms with E-state index in [0.717, 1.165) is 31.8 Å². The van der Waals surface area contributed by atoms with Gasteiger partial charge in [0.1, 0.15) is 6.26 Å². The van der Waals surface area contributed by atoms with Crippen LogP contribution in [0.1, 0.15) is 23.4 Å². The van der Waals surface area contributed by atoms with Crippen molar-refractivity contribution in [3.05, 3.63) is 28.3 Å². The summed E-state index contributed by atoms with van der Waals surface area (Å²) in [5, 5.41) is 2.67. The Morgan fingerprint density at radius 2 is 2.44 bits per heavy atom. The molecule has 6 nitrogen and oxygen atoms in total. The summed E-state index contributed by atoms with van der Waals surface area (Å²) < 4.78 is 15.2. The molecule has 0 spiro atoms. The highest BCUT2D eigenvalue weighted by Crippen LogP contribution is 2.11. The lowest BCUT2D eigenvalue weighted by Crippen LogP contribution is -2.32. The number of nitrogens with one attached hydrogen (secondary N) is 1. The lowest BCUT2D eigenvalue weighted by Gasteiger charge is -2.10. The third-order valence-corrected chi connectivity index (χ3v) is 2.76. The lowest BCUT2D eigenvalue weighted by atomic mass is 10.2. The predicted octanol–water partition coefficient (Wildman–Crippen LogP) is 0.557. The van der Waals surface area contributed by atoms with Crippen LogP contribution in [0.3, 0.4) is 0 Å². The Labute approximate surface area is 104 Å². The largest absolute Gasteiger partial charge is 0.490 e. The number of amides is 1. The molecule has 6 heteroatoms. The molecule has 1 aromatic heterocycles. The molecule has 18 heavy (non-hydrogen) atoms. The van der Waals surface area contributed by atoms with Crippen LogP contribution in [0.4, 0.5) is 0 Å². The molecule has 0 aliphatic carbocycles. The second-order valence-electron chi connectivity index (χ2n) is 4.02. The smallest absolute Gasteiger partial charge is 0.287 e. The Morgan fingerprint density at radius 1 is 1.61 bits per heavy atom. The first-order valence-electron chi connectivity index (χ1n) is 5.77. The van der Waals surface area contributed by atoms with E-state index < -0.39 is 5.91 Å². The molecule has 1 N–H and O–H groups in total. The molecule has 0 radical (unpaired) electrons. The summed E-state index contributed by atoms with van der Waals surface area (Å²) in [7, 11) is 1.36. The zero-order valence-electron chi connectivity index (χ0n) is 10.1. The standard InChI is InChI=1S/C12H15NO5/c1-16-11-7-18-10(5-9(11)14)12(15)13-6-8-3-2-4-17-8/h5,7-8H,2-4,6H2,1H3,(H,13,15). The van der Waals surface area contributed by atoms with Crippen LogP contribution in [0.5, 0.6) is 5.75 Å². The number of carbonyl (C=O) groups is 1. The van der Waals surface area contributed by atoms with Gasteiger partial charge >= 0.3 is 0 Å². The number of ether oxygens (including phenoxy) is 2. The summed E-state index contributed by atoms with van der Waals surface area (Å²) in [5.41, 5.74) is -0.383. The summed E-state index contributed by atoms with van der Waals surface area (Å²) in [5.74, 6) is -0.380. The maximum absolute atomic E-state index is 11.7. The molecule has 1 amide bonds. The van der Waals surface area contributed by atoms with Crippen molar-refractivity contribution in [1.29, 1.82) is 0 Å². The number of methoxy groups -OCH3 is 1. The lowest BCUT2D eigenvalue weighted by molar-refractivity contribution is 0.0832. The third kappa shape index (κ3) is 2.89. The zero-order valence-corrected chi connectivity index (χ0v) is 10.1. The van der Waals surface area contributed by atoms with Crippen LogP contribution in [-0.4, -0.2) is 32.3 Å². The fraction of sp³-hybridized carbons (Fsp3) is 0.500. The highest BCUT2D eigenvalue weighted by molar-refractivity contribution is 5.91. The van der Waals surface area contributed by atoms with Gasteiger partial charge in [-0.25, -0.2) is 0 Å². The second-order valence-corrected chi connectivity index (χ2v) is 4.02. The molecule has 98 valence electrons. The van der Waals surface area contributed by atoms with E-state index in [1.165, 1.54) is 7.11 Å². The van der Waals surface area contributed by atoms with Gasteiger partial charge in [-0.05, 0) is 12.8 Å². The van der Waals surface area contributed by atoms with Crippen molar-refractivity contribution >= 4 is 5.91 Å². The van der Waals surface area contributed by atoms with Gasteiger partial charge in [-0.2, -0.15) is 0 Å². The molecule has 0 bridgehead atoms. The molecule has 1 unspecified atom stereocenters. The zero-order chi connectivity index (χ0) is 13.0. The Kier molecular flexibility index (Phi) is 3.99. The van der Waals surface area contributed by atoms with Gasteiger partial charge in [0.25, 0.3) is 5.91 Å². The highest BCUT2D eigenvalue weighted by atomic mass is 16.5. The van der Waals surface area contributed by atoms with Crippen molar-refractivity contribution in [1.82, 2.24) is 5.32 Å². The van der Waals surface area contributed by atoms with Crippen molar-refractivity contribution in [3.8, 4) is 5.75 Å². The molecule has 1 atom stereocenters. The summed E-state index contributed by atoms with van der Waals surface area (Å²) in [6.07, 6.45) is 3.13. The normalized spacial score (nSPS) is 18.6. The van der Waals surface area contributed by atoms with Gasteiger partial charge in [0.2, 0.25) is 11.2 Å². The van der Waals surface area contributed by atoms with Gasteiger partial charge in [-0.1, -0.05) is 0 Å². The van der Waals surface area contributed by atoms with Crippen molar-refractivity contribution < 1.29 is 18.7 Å². The molecule has 1 aliphatic heterocycles. The monoisotopic (exact) mass is 253 g/mol. The third-order valence-electron chi connectivity index (χ3n) is 2.76.